The zero-order valence-corrected chi connectivity index (χ0v) is 19.6. The molecule has 31 heavy (non-hydrogen) atoms. The molecule has 0 spiro atoms. The van der Waals surface area contributed by atoms with E-state index >= 15 is 0 Å². The van der Waals surface area contributed by atoms with Gasteiger partial charge in [0.25, 0.3) is 0 Å². The normalized spacial score (nSPS) is 27.9. The number of nitrogens with zero attached hydrogens (tertiary/aromatic N) is 2. The lowest BCUT2D eigenvalue weighted by molar-refractivity contribution is -0.0454. The van der Waals surface area contributed by atoms with Gasteiger partial charge in [0, 0.05) is 11.8 Å². The lowest BCUT2D eigenvalue weighted by Crippen LogP contribution is -2.29. The van der Waals surface area contributed by atoms with Crippen LogP contribution in [-0.4, -0.2) is 53.0 Å². The fourth-order valence-corrected chi connectivity index (χ4v) is 6.01. The standard InChI is InChI=1S/C11H16N3O12P3S2/c1-5-3-14(11(31)13-9(5)30)10-6(2-12)8(15)7(24-10)4-23-28(19,20)26-29(21,22)25-27(16,17)18/h3,6-8,10,15H,4H2,1H3,(H,19,20)(H,21,22)(H,13,30,31)(H2,16,17,18)/t6?,7-,8-,10-/m0/s1. The third-order valence-corrected chi connectivity index (χ3v) is 8.30. The maximum atomic E-state index is 11.8. The van der Waals surface area contributed by atoms with Gasteiger partial charge in [-0.25, -0.2) is 13.7 Å². The number of hydrogen-bond acceptors (Lipinski definition) is 11. The number of nitriles is 1. The number of aliphatic hydroxyl groups is 1. The molecule has 1 aromatic rings. The zero-order valence-electron chi connectivity index (χ0n) is 15.2. The summed E-state index contributed by atoms with van der Waals surface area (Å²) in [6, 6.07) is 1.82. The number of aliphatic hydroxyl groups excluding tert-OH is 1. The number of aromatic nitrogens is 2. The van der Waals surface area contributed by atoms with Crippen molar-refractivity contribution in [1.29, 1.82) is 5.26 Å². The van der Waals surface area contributed by atoms with Crippen molar-refractivity contribution in [3.63, 3.8) is 0 Å². The fourth-order valence-electron chi connectivity index (χ4n) is 2.51. The van der Waals surface area contributed by atoms with Gasteiger partial charge in [0.2, 0.25) is 0 Å². The summed E-state index contributed by atoms with van der Waals surface area (Å²) in [5, 5.41) is 19.7. The van der Waals surface area contributed by atoms with Crippen LogP contribution in [0.15, 0.2) is 6.20 Å². The van der Waals surface area contributed by atoms with Gasteiger partial charge in [-0.1, -0.05) is 12.2 Å². The van der Waals surface area contributed by atoms with Gasteiger partial charge in [-0.15, -0.1) is 0 Å². The molecule has 174 valence electrons. The molecular weight excluding hydrogens is 523 g/mol. The van der Waals surface area contributed by atoms with E-state index in [9.17, 15) is 29.0 Å². The molecule has 0 radical (unpaired) electrons. The average molecular weight is 539 g/mol. The van der Waals surface area contributed by atoms with E-state index in [2.05, 4.69) is 18.1 Å². The van der Waals surface area contributed by atoms with E-state index in [-0.39, 0.29) is 4.77 Å². The summed E-state index contributed by atoms with van der Waals surface area (Å²) in [4.78, 5) is 38.4. The molecule has 2 rings (SSSR count). The van der Waals surface area contributed by atoms with Gasteiger partial charge in [-0.3, -0.25) is 9.09 Å². The maximum absolute atomic E-state index is 11.8. The number of phosphoric acid groups is 3. The van der Waals surface area contributed by atoms with E-state index < -0.39 is 54.4 Å². The number of nitrogens with one attached hydrogen (secondary N) is 1. The quantitative estimate of drug-likeness (QED) is 0.202. The number of aryl methyl sites for hydroxylation is 1. The molecule has 3 unspecified atom stereocenters. The highest BCUT2D eigenvalue weighted by Gasteiger charge is 2.47. The molecule has 1 fully saturated rings. The van der Waals surface area contributed by atoms with Crippen LogP contribution in [-0.2, 0) is 31.6 Å². The molecule has 0 aliphatic carbocycles. The topological polar surface area (TPSA) is 234 Å². The number of H-pyrrole nitrogens is 1. The van der Waals surface area contributed by atoms with Crippen LogP contribution >= 0.6 is 47.9 Å². The van der Waals surface area contributed by atoms with Crippen LogP contribution in [0.4, 0.5) is 0 Å². The average Bonchev–Trinajstić information content (AvgIpc) is 2.88. The van der Waals surface area contributed by atoms with Gasteiger partial charge in [0.05, 0.1) is 12.7 Å². The molecular formula is C11H16N3O12P3S2. The Morgan fingerprint density at radius 2 is 1.84 bits per heavy atom. The van der Waals surface area contributed by atoms with Crippen LogP contribution in [0.25, 0.3) is 0 Å². The first-order valence-corrected chi connectivity index (χ1v) is 13.2. The van der Waals surface area contributed by atoms with Crippen LogP contribution in [0.2, 0.25) is 0 Å². The SMILES string of the molecule is Cc1cn([C@H]2O[C@@H](COP(=O)(O)OP(=O)(O)OP(=O)(O)O)[C@@H](O)C2C#N)c(=S)[nH]c1=S. The molecule has 6 N–H and O–H groups in total. The van der Waals surface area contributed by atoms with Crippen molar-refractivity contribution < 1.29 is 56.3 Å². The van der Waals surface area contributed by atoms with Crippen molar-refractivity contribution in [3.8, 4) is 6.07 Å². The van der Waals surface area contributed by atoms with Gasteiger partial charge < -0.3 is 34.4 Å². The highest BCUT2D eigenvalue weighted by atomic mass is 32.1. The summed E-state index contributed by atoms with van der Waals surface area (Å²) in [6.45, 7) is 0.735. The van der Waals surface area contributed by atoms with Crippen LogP contribution in [0.1, 0.15) is 11.8 Å². The summed E-state index contributed by atoms with van der Waals surface area (Å²) >= 11 is 10.2. The molecule has 0 saturated carbocycles. The Kier molecular flexibility index (Phi) is 8.30. The van der Waals surface area contributed by atoms with Crippen molar-refractivity contribution in [2.75, 3.05) is 6.61 Å². The molecule has 2 heterocycles. The second-order valence-electron chi connectivity index (χ2n) is 6.08. The first-order chi connectivity index (χ1) is 14.1. The molecule has 1 aliphatic rings. The van der Waals surface area contributed by atoms with E-state index in [4.69, 9.17) is 43.9 Å². The lowest BCUT2D eigenvalue weighted by atomic mass is 10.0. The number of phosphoric ester groups is 1. The number of aromatic amines is 1. The summed E-state index contributed by atoms with van der Waals surface area (Å²) in [5.41, 5.74) is 0.579. The molecule has 15 nitrogen and oxygen atoms in total. The molecule has 0 bridgehead atoms. The molecule has 20 heteroatoms. The summed E-state index contributed by atoms with van der Waals surface area (Å²) in [7, 11) is -16.7. The Morgan fingerprint density at radius 3 is 2.39 bits per heavy atom. The van der Waals surface area contributed by atoms with Crippen LogP contribution in [0.5, 0.6) is 0 Å². The van der Waals surface area contributed by atoms with Crippen molar-refractivity contribution in [3.05, 3.63) is 21.2 Å². The Balaban J connectivity index is 2.15. The number of rotatable bonds is 8. The predicted octanol–water partition coefficient (Wildman–Crippen LogP) is 1.32. The third kappa shape index (κ3) is 7.16. The first-order valence-electron chi connectivity index (χ1n) is 7.89. The molecule has 1 saturated heterocycles. The van der Waals surface area contributed by atoms with E-state index in [1.165, 1.54) is 10.8 Å². The Hall–Kier alpha value is -0.660. The lowest BCUT2D eigenvalue weighted by Gasteiger charge is -2.19. The minimum Gasteiger partial charge on any atom is -0.389 e. The van der Waals surface area contributed by atoms with E-state index in [0.29, 0.717) is 10.2 Å². The summed E-state index contributed by atoms with van der Waals surface area (Å²) in [6.07, 6.45) is -2.61. The molecule has 1 aromatic heterocycles. The smallest absolute Gasteiger partial charge is 0.389 e. The van der Waals surface area contributed by atoms with Crippen molar-refractivity contribution in [2.24, 2.45) is 5.92 Å². The highest BCUT2D eigenvalue weighted by molar-refractivity contribution is 7.72. The van der Waals surface area contributed by atoms with Gasteiger partial charge >= 0.3 is 23.5 Å². The fraction of sp³-hybridized carbons (Fsp3) is 0.545. The second-order valence-corrected chi connectivity index (χ2v) is 11.3. The maximum Gasteiger partial charge on any atom is 0.490 e. The van der Waals surface area contributed by atoms with Gasteiger partial charge in [0.15, 0.2) is 11.0 Å². The third-order valence-electron chi connectivity index (χ3n) is 3.76. The minimum atomic E-state index is -5.70. The molecule has 0 aromatic carbocycles. The highest BCUT2D eigenvalue weighted by Crippen LogP contribution is 2.66. The van der Waals surface area contributed by atoms with Crippen LogP contribution in [0.3, 0.4) is 0 Å². The monoisotopic (exact) mass is 539 g/mol. The van der Waals surface area contributed by atoms with Crippen LogP contribution < -0.4 is 0 Å². The van der Waals surface area contributed by atoms with Crippen molar-refractivity contribution in [2.45, 2.75) is 25.4 Å². The van der Waals surface area contributed by atoms with E-state index in [1.54, 1.807) is 6.92 Å². The molecule has 0 amide bonds. The number of ether oxygens (including phenoxy) is 1. The van der Waals surface area contributed by atoms with E-state index in [1.807, 2.05) is 6.07 Å². The van der Waals surface area contributed by atoms with Crippen LogP contribution in [0, 0.1) is 33.6 Å². The Bertz CT molecular complexity index is 1140. The zero-order chi connectivity index (χ0) is 23.8. The van der Waals surface area contributed by atoms with Crippen molar-refractivity contribution >= 4 is 47.9 Å². The summed E-state index contributed by atoms with van der Waals surface area (Å²) < 4.78 is 52.7. The van der Waals surface area contributed by atoms with Gasteiger partial charge in [-0.2, -0.15) is 13.9 Å². The first kappa shape index (κ1) is 26.6. The largest absolute Gasteiger partial charge is 0.490 e. The molecule has 1 aliphatic heterocycles. The van der Waals surface area contributed by atoms with Crippen molar-refractivity contribution in [1.82, 2.24) is 9.55 Å². The minimum absolute atomic E-state index is 0.0709. The Morgan fingerprint density at radius 1 is 1.23 bits per heavy atom. The predicted molar refractivity (Wildman–Crippen MR) is 104 cm³/mol. The van der Waals surface area contributed by atoms with Gasteiger partial charge in [-0.05, 0) is 19.1 Å². The number of hydrogen-bond donors (Lipinski definition) is 6. The van der Waals surface area contributed by atoms with E-state index in [0.717, 1.165) is 0 Å². The second kappa shape index (κ2) is 9.68. The molecule has 6 atom stereocenters. The Labute approximate surface area is 184 Å². The van der Waals surface area contributed by atoms with Gasteiger partial charge in [0.1, 0.15) is 22.8 Å². The summed E-state index contributed by atoms with van der Waals surface area (Å²) in [5.74, 6) is -1.20.